The molecule has 0 heteroatoms. The van der Waals surface area contributed by atoms with Crippen molar-refractivity contribution >= 4 is 64.6 Å². The van der Waals surface area contributed by atoms with Crippen molar-refractivity contribution in [2.24, 2.45) is 0 Å². The maximum Gasteiger partial charge on any atom is -0.000740 e. The summed E-state index contributed by atoms with van der Waals surface area (Å²) in [5.41, 5.74) is 13.0. The van der Waals surface area contributed by atoms with E-state index in [1.165, 1.54) is 120 Å². The van der Waals surface area contributed by atoms with Gasteiger partial charge in [0.25, 0.3) is 0 Å². The maximum atomic E-state index is 2.44. The minimum Gasteiger partial charge on any atom is -0.0622 e. The van der Waals surface area contributed by atoms with E-state index in [4.69, 9.17) is 0 Å². The number of hydrogen-bond acceptors (Lipinski definition) is 0. The van der Waals surface area contributed by atoms with Gasteiger partial charge in [0.1, 0.15) is 0 Å². The Morgan fingerprint density at radius 2 is 0.519 bits per heavy atom. The lowest BCUT2D eigenvalue weighted by Crippen LogP contribution is -1.93. The molecule has 0 saturated carbocycles. The van der Waals surface area contributed by atoms with Gasteiger partial charge in [-0.15, -0.1) is 0 Å². The van der Waals surface area contributed by atoms with Crippen molar-refractivity contribution in [2.45, 2.75) is 0 Å². The fourth-order valence-corrected chi connectivity index (χ4v) is 9.78. The van der Waals surface area contributed by atoms with Crippen LogP contribution in [0, 0.1) is 0 Å². The smallest absolute Gasteiger partial charge is 0.000740 e. The van der Waals surface area contributed by atoms with E-state index in [-0.39, 0.29) is 0 Å². The van der Waals surface area contributed by atoms with Gasteiger partial charge in [0.05, 0.1) is 0 Å². The first-order chi connectivity index (χ1) is 25.9. The van der Waals surface area contributed by atoms with Gasteiger partial charge in [0.15, 0.2) is 0 Å². The first kappa shape index (κ1) is 28.0. The number of benzene rings is 11. The Kier molecular flexibility index (Phi) is 5.59. The van der Waals surface area contributed by atoms with Crippen LogP contribution in [0.3, 0.4) is 0 Å². The highest BCUT2D eigenvalue weighted by molar-refractivity contribution is 6.43. The van der Waals surface area contributed by atoms with Crippen LogP contribution < -0.4 is 0 Å². The Balaban J connectivity index is 1.31. The van der Waals surface area contributed by atoms with Gasteiger partial charge in [-0.1, -0.05) is 182 Å². The van der Waals surface area contributed by atoms with Crippen LogP contribution >= 0.6 is 0 Å². The van der Waals surface area contributed by atoms with Crippen LogP contribution in [0.25, 0.3) is 120 Å². The summed E-state index contributed by atoms with van der Waals surface area (Å²) in [6.45, 7) is 0. The minimum absolute atomic E-state index is 1.25. The highest BCUT2D eigenvalue weighted by atomic mass is 14.3. The van der Waals surface area contributed by atoms with E-state index in [1.807, 2.05) is 0 Å². The normalized spacial score (nSPS) is 12.2. The van der Waals surface area contributed by atoms with E-state index in [9.17, 15) is 0 Å². The fraction of sp³-hybridized carbons (Fsp3) is 0. The predicted octanol–water partition coefficient (Wildman–Crippen LogP) is 14.7. The second-order valence-electron chi connectivity index (χ2n) is 14.2. The molecule has 0 heterocycles. The molecule has 0 nitrogen and oxygen atoms in total. The molecule has 0 atom stereocenters. The molecule has 1 aliphatic carbocycles. The quantitative estimate of drug-likeness (QED) is 0.131. The Bertz CT molecular complexity index is 3150. The van der Waals surface area contributed by atoms with Gasteiger partial charge in [0.2, 0.25) is 0 Å². The summed E-state index contributed by atoms with van der Waals surface area (Å²) in [7, 11) is 0. The zero-order valence-electron chi connectivity index (χ0n) is 28.3. The lowest BCUT2D eigenvalue weighted by atomic mass is 9.82. The second kappa shape index (κ2) is 10.4. The van der Waals surface area contributed by atoms with Crippen molar-refractivity contribution in [1.29, 1.82) is 0 Å². The van der Waals surface area contributed by atoms with Crippen molar-refractivity contribution in [1.82, 2.24) is 0 Å². The lowest BCUT2D eigenvalue weighted by Gasteiger charge is -2.20. The van der Waals surface area contributed by atoms with Gasteiger partial charge in [-0.2, -0.15) is 0 Å². The van der Waals surface area contributed by atoms with Gasteiger partial charge in [-0.3, -0.25) is 0 Å². The van der Waals surface area contributed by atoms with E-state index in [0.29, 0.717) is 0 Å². The summed E-state index contributed by atoms with van der Waals surface area (Å²) in [4.78, 5) is 0. The molecule has 1 aliphatic rings. The molecule has 0 N–H and O–H groups in total. The van der Waals surface area contributed by atoms with E-state index in [2.05, 4.69) is 182 Å². The molecule has 11 aromatic rings. The zero-order chi connectivity index (χ0) is 33.9. The minimum atomic E-state index is 1.25. The largest absolute Gasteiger partial charge is 0.0622 e. The molecule has 0 amide bonds. The Morgan fingerprint density at radius 1 is 0.173 bits per heavy atom. The third-order valence-electron chi connectivity index (χ3n) is 11.7. The van der Waals surface area contributed by atoms with Gasteiger partial charge < -0.3 is 0 Å². The molecular formula is C52H30. The van der Waals surface area contributed by atoms with Crippen molar-refractivity contribution in [2.75, 3.05) is 0 Å². The number of rotatable bonds is 3. The standard InChI is InChI=1S/C52H30/c1-4-15-31(16-5-1)44-34-21-10-13-24-37(34)48-41-29-30-43-50-42(28-27-39(49(41)50)38-25-14-26-40(44)47(38)48)51-45(32-17-6-2-7-18-32)35-22-11-12-23-36(35)46(52(43)51)33-19-8-3-9-20-33/h1-30H. The van der Waals surface area contributed by atoms with E-state index in [1.54, 1.807) is 0 Å². The van der Waals surface area contributed by atoms with Crippen LogP contribution in [-0.2, 0) is 0 Å². The van der Waals surface area contributed by atoms with Crippen LogP contribution in [0.1, 0.15) is 0 Å². The van der Waals surface area contributed by atoms with Crippen LogP contribution in [-0.4, -0.2) is 0 Å². The number of fused-ring (bicyclic) bond motifs is 8. The molecule has 11 aromatic carbocycles. The van der Waals surface area contributed by atoms with Crippen molar-refractivity contribution in [3.05, 3.63) is 182 Å². The molecule has 238 valence electrons. The van der Waals surface area contributed by atoms with Gasteiger partial charge in [-0.25, -0.2) is 0 Å². The fourth-order valence-electron chi connectivity index (χ4n) is 9.78. The van der Waals surface area contributed by atoms with Crippen molar-refractivity contribution in [3.63, 3.8) is 0 Å². The molecule has 0 unspecified atom stereocenters. The third-order valence-corrected chi connectivity index (χ3v) is 11.7. The maximum absolute atomic E-state index is 2.44. The molecule has 0 bridgehead atoms. The van der Waals surface area contributed by atoms with Gasteiger partial charge >= 0.3 is 0 Å². The van der Waals surface area contributed by atoms with Crippen molar-refractivity contribution in [3.8, 4) is 55.6 Å². The summed E-state index contributed by atoms with van der Waals surface area (Å²) in [6.07, 6.45) is 0. The van der Waals surface area contributed by atoms with E-state index >= 15 is 0 Å². The molecule has 0 fully saturated rings. The summed E-state index contributed by atoms with van der Waals surface area (Å²) in [6, 6.07) is 67.7. The van der Waals surface area contributed by atoms with Crippen LogP contribution in [0.15, 0.2) is 182 Å². The molecule has 52 heavy (non-hydrogen) atoms. The molecule has 12 rings (SSSR count). The monoisotopic (exact) mass is 654 g/mol. The van der Waals surface area contributed by atoms with Crippen LogP contribution in [0.4, 0.5) is 0 Å². The summed E-state index contributed by atoms with van der Waals surface area (Å²) in [5, 5.41) is 15.9. The van der Waals surface area contributed by atoms with Crippen LogP contribution in [0.2, 0.25) is 0 Å². The molecule has 0 aromatic heterocycles. The Labute approximate surface area is 301 Å². The topological polar surface area (TPSA) is 0 Å². The first-order valence-corrected chi connectivity index (χ1v) is 18.2. The lowest BCUT2D eigenvalue weighted by molar-refractivity contribution is 1.62. The molecule has 0 saturated heterocycles. The second-order valence-corrected chi connectivity index (χ2v) is 14.2. The van der Waals surface area contributed by atoms with E-state index < -0.39 is 0 Å². The highest BCUT2D eigenvalue weighted by Crippen LogP contribution is 2.60. The average Bonchev–Trinajstić information content (AvgIpc) is 3.55. The zero-order valence-corrected chi connectivity index (χ0v) is 28.3. The summed E-state index contributed by atoms with van der Waals surface area (Å²) < 4.78 is 0. The number of hydrogen-bond donors (Lipinski definition) is 0. The molecule has 0 radical (unpaired) electrons. The first-order valence-electron chi connectivity index (χ1n) is 18.2. The van der Waals surface area contributed by atoms with Crippen molar-refractivity contribution < 1.29 is 0 Å². The highest BCUT2D eigenvalue weighted by Gasteiger charge is 2.32. The summed E-state index contributed by atoms with van der Waals surface area (Å²) in [5.74, 6) is 0. The molecule has 0 aliphatic heterocycles. The molecular weight excluding hydrogens is 625 g/mol. The Morgan fingerprint density at radius 3 is 1.08 bits per heavy atom. The van der Waals surface area contributed by atoms with Gasteiger partial charge in [0, 0.05) is 0 Å². The Hall–Kier alpha value is -6.76. The summed E-state index contributed by atoms with van der Waals surface area (Å²) >= 11 is 0. The van der Waals surface area contributed by atoms with Crippen LogP contribution in [0.5, 0.6) is 0 Å². The predicted molar refractivity (Wildman–Crippen MR) is 223 cm³/mol. The third kappa shape index (κ3) is 3.56. The average molecular weight is 655 g/mol. The van der Waals surface area contributed by atoms with Gasteiger partial charge in [-0.05, 0) is 120 Å². The van der Waals surface area contributed by atoms with E-state index in [0.717, 1.165) is 0 Å². The molecule has 0 spiro atoms. The SMILES string of the molecule is c1ccc(-c2c3c(c(-c4ccccc4)c4ccccc24)-c2ccc4c5c2c-3ccc5c2cccc3c(-c5ccccc5)c5ccccc5c4c32)cc1.